The molecular weight excluding hydrogens is 665 g/mol. The fourth-order valence-corrected chi connectivity index (χ4v) is 6.44. The van der Waals surface area contributed by atoms with Gasteiger partial charge in [-0.2, -0.15) is 0 Å². The molecule has 0 heterocycles. The molecule has 0 saturated heterocycles. The first-order valence-corrected chi connectivity index (χ1v) is 22.4. The summed E-state index contributed by atoms with van der Waals surface area (Å²) in [5.41, 5.74) is 0. The molecule has 0 aromatic rings. The summed E-state index contributed by atoms with van der Waals surface area (Å²) in [6.07, 6.45) is 33.7. The van der Waals surface area contributed by atoms with E-state index in [1.165, 1.54) is 103 Å². The van der Waals surface area contributed by atoms with Crippen molar-refractivity contribution < 1.29 is 42.1 Å². The molecule has 10 heteroatoms. The molecule has 0 fully saturated rings. The Labute approximate surface area is 314 Å². The number of phosphoric acid groups is 1. The second-order valence-corrected chi connectivity index (χ2v) is 16.8. The van der Waals surface area contributed by atoms with Crippen LogP contribution in [-0.4, -0.2) is 70.0 Å². The zero-order valence-corrected chi connectivity index (χ0v) is 34.7. The van der Waals surface area contributed by atoms with Gasteiger partial charge in [-0.05, 0) is 38.5 Å². The van der Waals surface area contributed by atoms with Crippen molar-refractivity contribution >= 4 is 19.8 Å². The Morgan fingerprint density at radius 2 is 1.00 bits per heavy atom. The van der Waals surface area contributed by atoms with Crippen LogP contribution in [0, 0.1) is 0 Å². The van der Waals surface area contributed by atoms with E-state index in [1.54, 1.807) is 0 Å². The average molecular weight is 746 g/mol. The summed E-state index contributed by atoms with van der Waals surface area (Å²) < 4.78 is 33.8. The molecule has 0 N–H and O–H groups in total. The maximum atomic E-state index is 12.6. The van der Waals surface area contributed by atoms with Crippen LogP contribution in [0.2, 0.25) is 0 Å². The van der Waals surface area contributed by atoms with Gasteiger partial charge in [-0.15, -0.1) is 0 Å². The SMILES string of the molecule is CCCCCC/C=C\CCCCCCCC(=O)OC(COC(=O)CCCCCCCCCCCCCCCC)COP(=O)([O-])OCC[N+](C)(C)C. The Hall–Kier alpha value is -1.25. The summed E-state index contributed by atoms with van der Waals surface area (Å²) in [4.78, 5) is 37.4. The molecule has 2 atom stereocenters. The summed E-state index contributed by atoms with van der Waals surface area (Å²) in [5, 5.41) is 0. The number of ether oxygens (including phenoxy) is 2. The van der Waals surface area contributed by atoms with Gasteiger partial charge in [0.1, 0.15) is 19.8 Å². The van der Waals surface area contributed by atoms with Gasteiger partial charge in [-0.1, -0.05) is 148 Å². The summed E-state index contributed by atoms with van der Waals surface area (Å²) in [5.74, 6) is -0.838. The molecule has 302 valence electrons. The van der Waals surface area contributed by atoms with Crippen molar-refractivity contribution in [1.82, 2.24) is 0 Å². The van der Waals surface area contributed by atoms with Gasteiger partial charge in [-0.3, -0.25) is 14.2 Å². The van der Waals surface area contributed by atoms with Crippen molar-refractivity contribution in [3.05, 3.63) is 12.2 Å². The number of carbonyl (C=O) groups is 2. The number of allylic oxidation sites excluding steroid dienone is 2. The zero-order valence-electron chi connectivity index (χ0n) is 33.8. The van der Waals surface area contributed by atoms with E-state index in [2.05, 4.69) is 26.0 Å². The van der Waals surface area contributed by atoms with E-state index in [1.807, 2.05) is 21.1 Å². The quantitative estimate of drug-likeness (QED) is 0.0202. The molecule has 0 radical (unpaired) electrons. The molecule has 0 rings (SSSR count). The monoisotopic (exact) mass is 746 g/mol. The predicted octanol–water partition coefficient (Wildman–Crippen LogP) is 10.8. The molecule has 51 heavy (non-hydrogen) atoms. The molecule has 0 aliphatic rings. The summed E-state index contributed by atoms with van der Waals surface area (Å²) in [6, 6.07) is 0. The molecule has 0 aromatic carbocycles. The lowest BCUT2D eigenvalue weighted by molar-refractivity contribution is -0.870. The number of hydrogen-bond acceptors (Lipinski definition) is 8. The summed E-state index contributed by atoms with van der Waals surface area (Å²) >= 11 is 0. The average Bonchev–Trinajstić information content (AvgIpc) is 3.07. The molecule has 0 saturated carbocycles. The fraction of sp³-hybridized carbons (Fsp3) is 0.902. The van der Waals surface area contributed by atoms with E-state index in [4.69, 9.17) is 18.5 Å². The van der Waals surface area contributed by atoms with E-state index >= 15 is 0 Å². The highest BCUT2D eigenvalue weighted by Gasteiger charge is 2.21. The summed E-state index contributed by atoms with van der Waals surface area (Å²) in [6.45, 7) is 4.21. The van der Waals surface area contributed by atoms with Crippen LogP contribution in [-0.2, 0) is 32.7 Å². The van der Waals surface area contributed by atoms with Crippen molar-refractivity contribution in [3.8, 4) is 0 Å². The molecule has 0 aromatic heterocycles. The van der Waals surface area contributed by atoms with Gasteiger partial charge in [0, 0.05) is 12.8 Å². The third-order valence-corrected chi connectivity index (χ3v) is 10.00. The van der Waals surface area contributed by atoms with Gasteiger partial charge in [0.15, 0.2) is 6.10 Å². The number of quaternary nitrogens is 1. The number of unbranched alkanes of at least 4 members (excludes halogenated alkanes) is 22. The Kier molecular flexibility index (Phi) is 33.7. The third-order valence-electron chi connectivity index (χ3n) is 9.04. The zero-order chi connectivity index (χ0) is 37.9. The minimum Gasteiger partial charge on any atom is -0.756 e. The molecule has 0 aliphatic carbocycles. The fourth-order valence-electron chi connectivity index (χ4n) is 5.71. The van der Waals surface area contributed by atoms with E-state index < -0.39 is 26.5 Å². The lowest BCUT2D eigenvalue weighted by Gasteiger charge is -2.28. The van der Waals surface area contributed by atoms with Gasteiger partial charge in [-0.25, -0.2) is 0 Å². The van der Waals surface area contributed by atoms with E-state index in [9.17, 15) is 19.0 Å². The van der Waals surface area contributed by atoms with Crippen LogP contribution in [0.25, 0.3) is 0 Å². The minimum absolute atomic E-state index is 0.0295. The highest BCUT2D eigenvalue weighted by molar-refractivity contribution is 7.45. The highest BCUT2D eigenvalue weighted by Crippen LogP contribution is 2.38. The molecule has 0 aliphatic heterocycles. The van der Waals surface area contributed by atoms with Crippen LogP contribution in [0.4, 0.5) is 0 Å². The van der Waals surface area contributed by atoms with Crippen LogP contribution in [0.1, 0.15) is 187 Å². The van der Waals surface area contributed by atoms with E-state index in [-0.39, 0.29) is 32.0 Å². The van der Waals surface area contributed by atoms with Crippen LogP contribution in [0.3, 0.4) is 0 Å². The van der Waals surface area contributed by atoms with Gasteiger partial charge in [0.05, 0.1) is 27.7 Å². The standard InChI is InChI=1S/C41H80NO8P/c1-6-8-10-12-14-16-18-20-22-23-25-27-29-31-33-40(43)47-37-39(38-49-51(45,46)48-36-35-42(3,4)5)50-41(44)34-32-30-28-26-24-21-19-17-15-13-11-9-7-2/h17,19,39H,6-16,18,20-38H2,1-5H3/b19-17-. The molecule has 0 amide bonds. The predicted molar refractivity (Wildman–Crippen MR) is 208 cm³/mol. The first-order valence-electron chi connectivity index (χ1n) is 20.9. The van der Waals surface area contributed by atoms with Crippen molar-refractivity contribution in [2.24, 2.45) is 0 Å². The Balaban J connectivity index is 4.38. The summed E-state index contributed by atoms with van der Waals surface area (Å²) in [7, 11) is 1.17. The lowest BCUT2D eigenvalue weighted by Crippen LogP contribution is -2.37. The Morgan fingerprint density at radius 3 is 1.47 bits per heavy atom. The van der Waals surface area contributed by atoms with Crippen molar-refractivity contribution in [2.45, 2.75) is 193 Å². The maximum Gasteiger partial charge on any atom is 0.306 e. The number of likely N-dealkylation sites (N-methyl/N-ethyl adjacent to an activating group) is 1. The van der Waals surface area contributed by atoms with Crippen molar-refractivity contribution in [1.29, 1.82) is 0 Å². The maximum absolute atomic E-state index is 12.6. The second kappa shape index (κ2) is 34.5. The molecule has 9 nitrogen and oxygen atoms in total. The first-order chi connectivity index (χ1) is 24.5. The van der Waals surface area contributed by atoms with Crippen LogP contribution in [0.15, 0.2) is 12.2 Å². The molecule has 0 spiro atoms. The lowest BCUT2D eigenvalue weighted by atomic mass is 10.0. The Bertz CT molecular complexity index is 891. The van der Waals surface area contributed by atoms with Gasteiger partial charge >= 0.3 is 11.9 Å². The smallest absolute Gasteiger partial charge is 0.306 e. The van der Waals surface area contributed by atoms with Gasteiger partial charge < -0.3 is 27.9 Å². The van der Waals surface area contributed by atoms with Crippen LogP contribution >= 0.6 is 7.82 Å². The number of esters is 2. The van der Waals surface area contributed by atoms with Crippen molar-refractivity contribution in [3.63, 3.8) is 0 Å². The number of nitrogens with zero attached hydrogens (tertiary/aromatic N) is 1. The number of hydrogen-bond donors (Lipinski definition) is 0. The van der Waals surface area contributed by atoms with Crippen molar-refractivity contribution in [2.75, 3.05) is 47.5 Å². The second-order valence-electron chi connectivity index (χ2n) is 15.4. The van der Waals surface area contributed by atoms with Crippen LogP contribution in [0.5, 0.6) is 0 Å². The third kappa shape index (κ3) is 38.3. The number of carbonyl (C=O) groups excluding carboxylic acids is 2. The minimum atomic E-state index is -4.62. The molecule has 2 unspecified atom stereocenters. The molecule has 0 bridgehead atoms. The van der Waals surface area contributed by atoms with E-state index in [0.29, 0.717) is 17.4 Å². The molecular formula is C41H80NO8P. The Morgan fingerprint density at radius 1 is 0.588 bits per heavy atom. The van der Waals surface area contributed by atoms with E-state index in [0.717, 1.165) is 51.4 Å². The number of phosphoric ester groups is 1. The van der Waals surface area contributed by atoms with Gasteiger partial charge in [0.2, 0.25) is 0 Å². The first kappa shape index (κ1) is 49.8. The number of rotatable bonds is 38. The normalized spacial score (nSPS) is 13.8. The topological polar surface area (TPSA) is 111 Å². The van der Waals surface area contributed by atoms with Crippen LogP contribution < -0.4 is 4.89 Å². The highest BCUT2D eigenvalue weighted by atomic mass is 31.2. The largest absolute Gasteiger partial charge is 0.756 e. The van der Waals surface area contributed by atoms with Gasteiger partial charge in [0.25, 0.3) is 7.82 Å².